The molecule has 20 heavy (non-hydrogen) atoms. The van der Waals surface area contributed by atoms with Crippen molar-refractivity contribution in [3.63, 3.8) is 0 Å². The van der Waals surface area contributed by atoms with Gasteiger partial charge in [-0.2, -0.15) is 0 Å². The lowest BCUT2D eigenvalue weighted by molar-refractivity contribution is 0.0916. The summed E-state index contributed by atoms with van der Waals surface area (Å²) in [4.78, 5) is 15.9. The molecule has 2 rings (SSSR count). The number of aliphatic hydroxyl groups excluding tert-OH is 1. The molecular formula is C15H18N2O3. The molecular weight excluding hydrogens is 256 g/mol. The van der Waals surface area contributed by atoms with E-state index < -0.39 is 0 Å². The number of amides is 1. The number of benzene rings is 1. The molecule has 1 amide bonds. The van der Waals surface area contributed by atoms with E-state index in [1.807, 2.05) is 26.0 Å². The number of nitrogens with zero attached hydrogens (tertiary/aromatic N) is 1. The van der Waals surface area contributed by atoms with Crippen molar-refractivity contribution in [1.29, 1.82) is 0 Å². The molecule has 0 spiro atoms. The Bertz CT molecular complexity index is 549. The summed E-state index contributed by atoms with van der Waals surface area (Å²) in [6, 6.07) is 7.03. The third-order valence-corrected chi connectivity index (χ3v) is 3.36. The van der Waals surface area contributed by atoms with Gasteiger partial charge in [-0.1, -0.05) is 19.1 Å². The van der Waals surface area contributed by atoms with E-state index >= 15 is 0 Å². The number of hydrogen-bond donors (Lipinski definition) is 2. The Morgan fingerprint density at radius 3 is 2.60 bits per heavy atom. The van der Waals surface area contributed by atoms with Crippen molar-refractivity contribution in [2.24, 2.45) is 5.92 Å². The molecule has 5 nitrogen and oxygen atoms in total. The van der Waals surface area contributed by atoms with Crippen LogP contribution in [0.3, 0.4) is 0 Å². The quantitative estimate of drug-likeness (QED) is 0.875. The van der Waals surface area contributed by atoms with E-state index in [9.17, 15) is 4.79 Å². The third kappa shape index (κ3) is 3.24. The van der Waals surface area contributed by atoms with Crippen LogP contribution in [0.5, 0.6) is 0 Å². The van der Waals surface area contributed by atoms with Crippen LogP contribution in [0, 0.1) is 5.92 Å². The van der Waals surface area contributed by atoms with Gasteiger partial charge >= 0.3 is 0 Å². The number of aromatic nitrogens is 1. The summed E-state index contributed by atoms with van der Waals surface area (Å²) >= 11 is 0. The zero-order chi connectivity index (χ0) is 14.5. The highest BCUT2D eigenvalue weighted by atomic mass is 16.3. The molecule has 5 heteroatoms. The van der Waals surface area contributed by atoms with E-state index in [1.54, 1.807) is 18.3 Å². The number of carbonyl (C=O) groups is 1. The van der Waals surface area contributed by atoms with Crippen LogP contribution < -0.4 is 5.32 Å². The highest BCUT2D eigenvalue weighted by molar-refractivity contribution is 5.94. The maximum atomic E-state index is 12.0. The first kappa shape index (κ1) is 14.3. The Morgan fingerprint density at radius 2 is 2.05 bits per heavy atom. The van der Waals surface area contributed by atoms with Crippen LogP contribution in [0.4, 0.5) is 0 Å². The summed E-state index contributed by atoms with van der Waals surface area (Å²) in [5.74, 6) is 0.536. The molecule has 2 unspecified atom stereocenters. The van der Waals surface area contributed by atoms with Gasteiger partial charge in [-0.05, 0) is 25.0 Å². The molecule has 0 aliphatic heterocycles. The zero-order valence-electron chi connectivity index (χ0n) is 11.5. The molecule has 106 valence electrons. The van der Waals surface area contributed by atoms with Gasteiger partial charge in [0.2, 0.25) is 0 Å². The van der Waals surface area contributed by atoms with Gasteiger partial charge in [0.25, 0.3) is 5.91 Å². The van der Waals surface area contributed by atoms with Gasteiger partial charge in [-0.15, -0.1) is 0 Å². The van der Waals surface area contributed by atoms with E-state index in [1.165, 1.54) is 6.39 Å². The summed E-state index contributed by atoms with van der Waals surface area (Å²) in [7, 11) is 0. The Labute approximate surface area is 117 Å². The van der Waals surface area contributed by atoms with Crippen LogP contribution in [0.15, 0.2) is 41.3 Å². The van der Waals surface area contributed by atoms with Gasteiger partial charge in [0, 0.05) is 23.8 Å². The van der Waals surface area contributed by atoms with Crippen LogP contribution in [0.25, 0.3) is 11.3 Å². The van der Waals surface area contributed by atoms with Crippen molar-refractivity contribution < 1.29 is 14.3 Å². The lowest BCUT2D eigenvalue weighted by atomic mass is 10.0. The molecule has 0 fully saturated rings. The summed E-state index contributed by atoms with van der Waals surface area (Å²) in [5, 5.41) is 11.9. The summed E-state index contributed by atoms with van der Waals surface area (Å²) in [6.07, 6.45) is 2.99. The Kier molecular flexibility index (Phi) is 4.53. The first-order valence-electron chi connectivity index (χ1n) is 6.52. The molecule has 0 radical (unpaired) electrons. The van der Waals surface area contributed by atoms with E-state index in [-0.39, 0.29) is 24.5 Å². The smallest absolute Gasteiger partial charge is 0.251 e. The number of aliphatic hydroxyl groups is 1. The van der Waals surface area contributed by atoms with Gasteiger partial charge in [0.05, 0.1) is 6.20 Å². The molecule has 0 saturated carbocycles. The Balaban J connectivity index is 2.04. The van der Waals surface area contributed by atoms with Gasteiger partial charge in [-0.3, -0.25) is 4.79 Å². The van der Waals surface area contributed by atoms with Crippen LogP contribution in [0.2, 0.25) is 0 Å². The molecule has 2 N–H and O–H groups in total. The normalized spacial score (nSPS) is 13.8. The number of rotatable bonds is 5. The SMILES string of the molecule is CC(CO)C(C)NC(=O)c1ccc(-c2cnco2)cc1. The van der Waals surface area contributed by atoms with Crippen molar-refractivity contribution in [2.75, 3.05) is 6.61 Å². The molecule has 1 aromatic heterocycles. The fourth-order valence-corrected chi connectivity index (χ4v) is 1.73. The number of oxazole rings is 1. The summed E-state index contributed by atoms with van der Waals surface area (Å²) in [5.41, 5.74) is 1.45. The number of nitrogens with one attached hydrogen (secondary N) is 1. The second-order valence-corrected chi connectivity index (χ2v) is 4.87. The van der Waals surface area contributed by atoms with E-state index in [2.05, 4.69) is 10.3 Å². The van der Waals surface area contributed by atoms with Crippen molar-refractivity contribution in [3.05, 3.63) is 42.4 Å². The third-order valence-electron chi connectivity index (χ3n) is 3.36. The second-order valence-electron chi connectivity index (χ2n) is 4.87. The lowest BCUT2D eigenvalue weighted by Gasteiger charge is -2.19. The van der Waals surface area contributed by atoms with Crippen molar-refractivity contribution in [2.45, 2.75) is 19.9 Å². The molecule has 2 aromatic rings. The van der Waals surface area contributed by atoms with Gasteiger partial charge < -0.3 is 14.8 Å². The number of carbonyl (C=O) groups excluding carboxylic acids is 1. The molecule has 0 bridgehead atoms. The fraction of sp³-hybridized carbons (Fsp3) is 0.333. The highest BCUT2D eigenvalue weighted by Crippen LogP contribution is 2.18. The first-order chi connectivity index (χ1) is 9.61. The highest BCUT2D eigenvalue weighted by Gasteiger charge is 2.15. The van der Waals surface area contributed by atoms with E-state index in [0.717, 1.165) is 5.56 Å². The average Bonchev–Trinajstić information content (AvgIpc) is 3.00. The Morgan fingerprint density at radius 1 is 1.35 bits per heavy atom. The predicted octanol–water partition coefficient (Wildman–Crippen LogP) is 2.09. The fourth-order valence-electron chi connectivity index (χ4n) is 1.73. The van der Waals surface area contributed by atoms with Crippen molar-refractivity contribution in [1.82, 2.24) is 10.3 Å². The van der Waals surface area contributed by atoms with Gasteiger partial charge in [0.15, 0.2) is 12.2 Å². The van der Waals surface area contributed by atoms with Crippen LogP contribution >= 0.6 is 0 Å². The molecule has 0 aliphatic rings. The largest absolute Gasteiger partial charge is 0.444 e. The minimum Gasteiger partial charge on any atom is -0.444 e. The minimum atomic E-state index is -0.151. The lowest BCUT2D eigenvalue weighted by Crippen LogP contribution is -2.38. The first-order valence-corrected chi connectivity index (χ1v) is 6.52. The standard InChI is InChI=1S/C15H18N2O3/c1-10(8-18)11(2)17-15(19)13-5-3-12(4-6-13)14-7-16-9-20-14/h3-7,9-11,18H,8H2,1-2H3,(H,17,19). The second kappa shape index (κ2) is 6.34. The topological polar surface area (TPSA) is 75.4 Å². The van der Waals surface area contributed by atoms with Crippen LogP contribution in [0.1, 0.15) is 24.2 Å². The van der Waals surface area contributed by atoms with E-state index in [4.69, 9.17) is 9.52 Å². The Hall–Kier alpha value is -2.14. The predicted molar refractivity (Wildman–Crippen MR) is 75.1 cm³/mol. The van der Waals surface area contributed by atoms with Crippen LogP contribution in [-0.4, -0.2) is 28.6 Å². The monoisotopic (exact) mass is 274 g/mol. The summed E-state index contributed by atoms with van der Waals surface area (Å²) < 4.78 is 5.19. The summed E-state index contributed by atoms with van der Waals surface area (Å²) in [6.45, 7) is 3.81. The average molecular weight is 274 g/mol. The van der Waals surface area contributed by atoms with Crippen molar-refractivity contribution in [3.8, 4) is 11.3 Å². The molecule has 0 saturated heterocycles. The van der Waals surface area contributed by atoms with Gasteiger partial charge in [0.1, 0.15) is 0 Å². The van der Waals surface area contributed by atoms with Crippen LogP contribution in [-0.2, 0) is 0 Å². The van der Waals surface area contributed by atoms with Gasteiger partial charge in [-0.25, -0.2) is 4.98 Å². The van der Waals surface area contributed by atoms with E-state index in [0.29, 0.717) is 11.3 Å². The molecule has 0 aliphatic carbocycles. The maximum Gasteiger partial charge on any atom is 0.251 e. The minimum absolute atomic E-state index is 0.0208. The zero-order valence-corrected chi connectivity index (χ0v) is 11.5. The molecule has 1 aromatic carbocycles. The number of hydrogen-bond acceptors (Lipinski definition) is 4. The molecule has 1 heterocycles. The maximum absolute atomic E-state index is 12.0. The van der Waals surface area contributed by atoms with Crippen molar-refractivity contribution >= 4 is 5.91 Å². The molecule has 2 atom stereocenters.